The lowest BCUT2D eigenvalue weighted by Crippen LogP contribution is -2.50. The maximum atomic E-state index is 13.6. The Balaban J connectivity index is 1.51. The highest BCUT2D eigenvalue weighted by molar-refractivity contribution is 5.93. The van der Waals surface area contributed by atoms with Gasteiger partial charge < -0.3 is 4.90 Å². The van der Waals surface area contributed by atoms with Crippen molar-refractivity contribution in [3.63, 3.8) is 0 Å². The molecular formula is C22H27N3O. The predicted octanol–water partition coefficient (Wildman–Crippen LogP) is 4.54. The summed E-state index contributed by atoms with van der Waals surface area (Å²) in [6.45, 7) is 0.902. The summed E-state index contributed by atoms with van der Waals surface area (Å²) in [4.78, 5) is 15.8. The van der Waals surface area contributed by atoms with E-state index in [9.17, 15) is 4.79 Å². The van der Waals surface area contributed by atoms with Gasteiger partial charge in [0.15, 0.2) is 0 Å². The lowest BCUT2D eigenvalue weighted by atomic mass is 9.78. The zero-order valence-corrected chi connectivity index (χ0v) is 15.3. The first-order valence-corrected chi connectivity index (χ1v) is 10.3. The van der Waals surface area contributed by atoms with Gasteiger partial charge in [0.05, 0.1) is 11.4 Å². The second kappa shape index (κ2) is 6.57. The van der Waals surface area contributed by atoms with Crippen molar-refractivity contribution < 1.29 is 4.79 Å². The largest absolute Gasteiger partial charge is 0.334 e. The Hall–Kier alpha value is -2.10. The van der Waals surface area contributed by atoms with Crippen LogP contribution in [-0.2, 0) is 0 Å². The minimum atomic E-state index is 0.185. The van der Waals surface area contributed by atoms with E-state index in [2.05, 4.69) is 11.0 Å². The van der Waals surface area contributed by atoms with E-state index < -0.39 is 0 Å². The van der Waals surface area contributed by atoms with Crippen LogP contribution in [0.25, 0.3) is 5.69 Å². The van der Waals surface area contributed by atoms with E-state index in [-0.39, 0.29) is 5.91 Å². The predicted molar refractivity (Wildman–Crippen MR) is 102 cm³/mol. The average Bonchev–Trinajstić information content (AvgIpc) is 3.46. The number of carbonyl (C=O) groups excluding carboxylic acids is 1. The molecule has 1 aliphatic heterocycles. The monoisotopic (exact) mass is 349 g/mol. The zero-order chi connectivity index (χ0) is 17.5. The van der Waals surface area contributed by atoms with Gasteiger partial charge in [0.25, 0.3) is 5.91 Å². The third-order valence-electron chi connectivity index (χ3n) is 6.45. The van der Waals surface area contributed by atoms with E-state index in [1.165, 1.54) is 44.9 Å². The lowest BCUT2D eigenvalue weighted by molar-refractivity contribution is 0.0382. The van der Waals surface area contributed by atoms with Crippen molar-refractivity contribution in [2.24, 2.45) is 5.92 Å². The summed E-state index contributed by atoms with van der Waals surface area (Å²) in [5.74, 6) is 1.44. The molecular weight excluding hydrogens is 322 g/mol. The molecule has 2 atom stereocenters. The van der Waals surface area contributed by atoms with Crippen LogP contribution in [0.3, 0.4) is 0 Å². The van der Waals surface area contributed by atoms with Crippen molar-refractivity contribution in [1.82, 2.24) is 14.7 Å². The molecule has 0 radical (unpaired) electrons. The number of hydrogen-bond acceptors (Lipinski definition) is 2. The molecule has 26 heavy (non-hydrogen) atoms. The van der Waals surface area contributed by atoms with Crippen LogP contribution in [0, 0.1) is 5.92 Å². The number of rotatable bonds is 3. The number of carbonyl (C=O) groups is 1. The van der Waals surface area contributed by atoms with Crippen molar-refractivity contribution in [2.45, 2.75) is 63.3 Å². The molecule has 1 aromatic carbocycles. The highest BCUT2D eigenvalue weighted by Crippen LogP contribution is 2.40. The van der Waals surface area contributed by atoms with E-state index in [1.54, 1.807) is 0 Å². The Kier molecular flexibility index (Phi) is 4.07. The van der Waals surface area contributed by atoms with E-state index >= 15 is 0 Å². The van der Waals surface area contributed by atoms with Gasteiger partial charge >= 0.3 is 0 Å². The summed E-state index contributed by atoms with van der Waals surface area (Å²) in [5.41, 5.74) is 2.83. The Morgan fingerprint density at radius 1 is 0.962 bits per heavy atom. The molecule has 4 heteroatoms. The third kappa shape index (κ3) is 2.85. The molecule has 5 rings (SSSR count). The van der Waals surface area contributed by atoms with Gasteiger partial charge in [-0.3, -0.25) is 4.79 Å². The van der Waals surface area contributed by atoms with Gasteiger partial charge in [-0.2, -0.15) is 5.10 Å². The lowest BCUT2D eigenvalue weighted by Gasteiger charge is -2.44. The summed E-state index contributed by atoms with van der Waals surface area (Å²) < 4.78 is 1.89. The molecule has 0 spiro atoms. The maximum absolute atomic E-state index is 13.6. The van der Waals surface area contributed by atoms with Crippen LogP contribution in [0.5, 0.6) is 0 Å². The van der Waals surface area contributed by atoms with E-state index in [0.717, 1.165) is 30.0 Å². The minimum Gasteiger partial charge on any atom is -0.334 e. The summed E-state index contributed by atoms with van der Waals surface area (Å²) >= 11 is 0. The topological polar surface area (TPSA) is 38.1 Å². The number of hydrogen-bond donors (Lipinski definition) is 0. The second-order valence-corrected chi connectivity index (χ2v) is 8.23. The molecule has 1 amide bonds. The SMILES string of the molecule is O=C(c1cc(C2CC2)nn1-c1ccccc1)N1CCC[C@H]2CCCC[C@@H]21. The van der Waals surface area contributed by atoms with Crippen molar-refractivity contribution in [3.8, 4) is 5.69 Å². The third-order valence-corrected chi connectivity index (χ3v) is 6.45. The first-order valence-electron chi connectivity index (χ1n) is 10.3. The second-order valence-electron chi connectivity index (χ2n) is 8.23. The number of likely N-dealkylation sites (tertiary alicyclic amines) is 1. The van der Waals surface area contributed by atoms with Crippen molar-refractivity contribution in [1.29, 1.82) is 0 Å². The molecule has 0 N–H and O–H groups in total. The number of amides is 1. The molecule has 136 valence electrons. The average molecular weight is 349 g/mol. The normalized spacial score (nSPS) is 25.8. The van der Waals surface area contributed by atoms with E-state index in [0.29, 0.717) is 17.9 Å². The molecule has 1 saturated heterocycles. The number of nitrogens with zero attached hydrogens (tertiary/aromatic N) is 3. The molecule has 2 aliphatic carbocycles. The fourth-order valence-electron chi connectivity index (χ4n) is 4.92. The van der Waals surface area contributed by atoms with Gasteiger partial charge in [-0.25, -0.2) is 4.68 Å². The molecule has 2 heterocycles. The molecule has 3 fully saturated rings. The number of fused-ring (bicyclic) bond motifs is 1. The molecule has 1 aromatic heterocycles. The molecule has 4 nitrogen and oxygen atoms in total. The summed E-state index contributed by atoms with van der Waals surface area (Å²) in [6.07, 6.45) is 9.89. The van der Waals surface area contributed by atoms with Crippen LogP contribution in [-0.4, -0.2) is 33.2 Å². The van der Waals surface area contributed by atoms with Crippen molar-refractivity contribution in [2.75, 3.05) is 6.54 Å². The standard InChI is InChI=1S/C22H27N3O/c26-22(24-14-6-8-17-7-4-5-11-20(17)24)21-15-19(16-12-13-16)23-25(21)18-9-2-1-3-10-18/h1-3,9-10,15-17,20H,4-8,11-14H2/t17-,20+/m1/s1. The van der Waals surface area contributed by atoms with Crippen molar-refractivity contribution >= 4 is 5.91 Å². The highest BCUT2D eigenvalue weighted by atomic mass is 16.2. The van der Waals surface area contributed by atoms with Gasteiger partial charge in [-0.05, 0) is 62.6 Å². The van der Waals surface area contributed by atoms with E-state index in [1.807, 2.05) is 35.0 Å². The fourth-order valence-corrected chi connectivity index (χ4v) is 4.92. The van der Waals surface area contributed by atoms with E-state index in [4.69, 9.17) is 5.10 Å². The van der Waals surface area contributed by atoms with Gasteiger partial charge in [-0.15, -0.1) is 0 Å². The summed E-state index contributed by atoms with van der Waals surface area (Å²) in [7, 11) is 0. The van der Waals surface area contributed by atoms with Gasteiger partial charge in [-0.1, -0.05) is 31.0 Å². The Bertz CT molecular complexity index is 791. The fraction of sp³-hybridized carbons (Fsp3) is 0.545. The minimum absolute atomic E-state index is 0.185. The first kappa shape index (κ1) is 16.1. The first-order chi connectivity index (χ1) is 12.8. The molecule has 2 saturated carbocycles. The smallest absolute Gasteiger partial charge is 0.272 e. The van der Waals surface area contributed by atoms with Gasteiger partial charge in [0.2, 0.25) is 0 Å². The Morgan fingerprint density at radius 3 is 2.54 bits per heavy atom. The van der Waals surface area contributed by atoms with Crippen LogP contribution in [0.15, 0.2) is 36.4 Å². The molecule has 0 unspecified atom stereocenters. The summed E-state index contributed by atoms with van der Waals surface area (Å²) in [5, 5.41) is 4.83. The van der Waals surface area contributed by atoms with Crippen LogP contribution >= 0.6 is 0 Å². The molecule has 2 aromatic rings. The molecule has 3 aliphatic rings. The van der Waals surface area contributed by atoms with Gasteiger partial charge in [0, 0.05) is 18.5 Å². The zero-order valence-electron chi connectivity index (χ0n) is 15.3. The Morgan fingerprint density at radius 2 is 1.73 bits per heavy atom. The number of piperidine rings is 1. The van der Waals surface area contributed by atoms with Crippen LogP contribution in [0.1, 0.15) is 73.5 Å². The van der Waals surface area contributed by atoms with Crippen LogP contribution < -0.4 is 0 Å². The van der Waals surface area contributed by atoms with Gasteiger partial charge in [0.1, 0.15) is 5.69 Å². The summed E-state index contributed by atoms with van der Waals surface area (Å²) in [6, 6.07) is 12.6. The number of benzene rings is 1. The van der Waals surface area contributed by atoms with Crippen LogP contribution in [0.2, 0.25) is 0 Å². The Labute approximate surface area is 155 Å². The number of para-hydroxylation sites is 1. The quantitative estimate of drug-likeness (QED) is 0.815. The number of aromatic nitrogens is 2. The highest BCUT2D eigenvalue weighted by Gasteiger charge is 2.38. The van der Waals surface area contributed by atoms with Crippen molar-refractivity contribution in [3.05, 3.63) is 47.8 Å². The molecule has 0 bridgehead atoms. The maximum Gasteiger partial charge on any atom is 0.272 e. The van der Waals surface area contributed by atoms with Crippen LogP contribution in [0.4, 0.5) is 0 Å².